The van der Waals surface area contributed by atoms with Gasteiger partial charge >= 0.3 is 0 Å². The number of amides is 1. The van der Waals surface area contributed by atoms with E-state index in [1.54, 1.807) is 30.3 Å². The summed E-state index contributed by atoms with van der Waals surface area (Å²) in [4.78, 5) is 22.9. The molecule has 1 N–H and O–H groups in total. The van der Waals surface area contributed by atoms with Crippen molar-refractivity contribution in [2.24, 2.45) is 5.10 Å². The SMILES string of the molecule is COc1ccc([N+](=O)[O-])cc1C(=O)N/N=C\c1cc(Br)c(OCc2ccc(Cl)cc2Cl)c(Br)c1. The molecule has 0 aromatic heterocycles. The van der Waals surface area contributed by atoms with Gasteiger partial charge in [-0.3, -0.25) is 14.9 Å². The van der Waals surface area contributed by atoms with Gasteiger partial charge in [0, 0.05) is 27.7 Å². The monoisotopic (exact) mass is 629 g/mol. The third kappa shape index (κ3) is 6.47. The maximum absolute atomic E-state index is 12.5. The Morgan fingerprint density at radius 3 is 2.47 bits per heavy atom. The normalized spacial score (nSPS) is 10.9. The maximum Gasteiger partial charge on any atom is 0.275 e. The molecule has 0 spiro atoms. The number of halogens is 4. The Kier molecular flexibility index (Phi) is 8.90. The molecule has 3 aromatic carbocycles. The fourth-order valence-electron chi connectivity index (χ4n) is 2.79. The van der Waals surface area contributed by atoms with Crippen molar-refractivity contribution in [1.82, 2.24) is 5.43 Å². The number of carbonyl (C=O) groups excluding carboxylic acids is 1. The first kappa shape index (κ1) is 26.0. The number of hydrogen-bond donors (Lipinski definition) is 1. The minimum atomic E-state index is -0.658. The second kappa shape index (κ2) is 11.7. The van der Waals surface area contributed by atoms with Crippen molar-refractivity contribution in [3.05, 3.63) is 94.3 Å². The molecule has 3 aromatic rings. The van der Waals surface area contributed by atoms with E-state index in [4.69, 9.17) is 32.7 Å². The summed E-state index contributed by atoms with van der Waals surface area (Å²) in [6, 6.07) is 12.4. The van der Waals surface area contributed by atoms with Gasteiger partial charge in [-0.2, -0.15) is 5.10 Å². The number of hydrazone groups is 1. The average molecular weight is 632 g/mol. The van der Waals surface area contributed by atoms with E-state index < -0.39 is 10.8 Å². The minimum Gasteiger partial charge on any atom is -0.496 e. The van der Waals surface area contributed by atoms with E-state index in [9.17, 15) is 14.9 Å². The predicted molar refractivity (Wildman–Crippen MR) is 137 cm³/mol. The van der Waals surface area contributed by atoms with Crippen LogP contribution in [0.15, 0.2) is 62.6 Å². The summed E-state index contributed by atoms with van der Waals surface area (Å²) in [7, 11) is 1.36. The highest BCUT2D eigenvalue weighted by Crippen LogP contribution is 2.35. The molecule has 0 atom stereocenters. The molecule has 8 nitrogen and oxygen atoms in total. The van der Waals surface area contributed by atoms with Crippen molar-refractivity contribution < 1.29 is 19.2 Å². The summed E-state index contributed by atoms with van der Waals surface area (Å²) in [6.45, 7) is 0.224. The maximum atomic E-state index is 12.5. The van der Waals surface area contributed by atoms with Gasteiger partial charge in [-0.1, -0.05) is 29.3 Å². The lowest BCUT2D eigenvalue weighted by Gasteiger charge is -2.12. The first-order chi connectivity index (χ1) is 16.2. The molecule has 176 valence electrons. The summed E-state index contributed by atoms with van der Waals surface area (Å²) in [6.07, 6.45) is 1.41. The number of carbonyl (C=O) groups is 1. The van der Waals surface area contributed by atoms with Crippen LogP contribution < -0.4 is 14.9 Å². The Hall–Kier alpha value is -2.66. The van der Waals surface area contributed by atoms with Crippen LogP contribution in [-0.2, 0) is 6.61 Å². The number of non-ortho nitro benzene ring substituents is 1. The summed E-state index contributed by atoms with van der Waals surface area (Å²) in [5.74, 6) is 0.0781. The van der Waals surface area contributed by atoms with Gasteiger partial charge in [0.1, 0.15) is 18.1 Å². The lowest BCUT2D eigenvalue weighted by molar-refractivity contribution is -0.384. The molecule has 12 heteroatoms. The number of nitro benzene ring substituents is 1. The molecule has 3 rings (SSSR count). The first-order valence-electron chi connectivity index (χ1n) is 9.41. The zero-order chi connectivity index (χ0) is 24.8. The number of hydrogen-bond acceptors (Lipinski definition) is 6. The van der Waals surface area contributed by atoms with Gasteiger partial charge in [-0.05, 0) is 67.8 Å². The van der Waals surface area contributed by atoms with Crippen LogP contribution in [0.1, 0.15) is 21.5 Å². The van der Waals surface area contributed by atoms with E-state index in [1.165, 1.54) is 25.5 Å². The zero-order valence-corrected chi connectivity index (χ0v) is 22.0. The van der Waals surface area contributed by atoms with Crippen molar-refractivity contribution in [3.8, 4) is 11.5 Å². The standard InChI is InChI=1S/C22H15Br2Cl2N3O5/c1-33-20-5-4-15(29(31)32)9-16(20)22(30)28-27-10-12-6-17(23)21(18(24)7-12)34-11-13-2-3-14(25)8-19(13)26/h2-10H,11H2,1H3,(H,28,30)/b27-10-. The van der Waals surface area contributed by atoms with Gasteiger partial charge < -0.3 is 9.47 Å². The zero-order valence-electron chi connectivity index (χ0n) is 17.4. The third-order valence-electron chi connectivity index (χ3n) is 4.43. The number of nitrogens with zero attached hydrogens (tertiary/aromatic N) is 2. The molecule has 0 unspecified atom stereocenters. The van der Waals surface area contributed by atoms with Crippen LogP contribution in [0.4, 0.5) is 5.69 Å². The molecule has 0 aliphatic heterocycles. The lowest BCUT2D eigenvalue weighted by Crippen LogP contribution is -2.18. The van der Waals surface area contributed by atoms with E-state index in [0.29, 0.717) is 30.3 Å². The summed E-state index contributed by atoms with van der Waals surface area (Å²) < 4.78 is 12.3. The molecule has 0 fully saturated rings. The minimum absolute atomic E-state index is 0.0131. The fourth-order valence-corrected chi connectivity index (χ4v) is 4.71. The van der Waals surface area contributed by atoms with Crippen molar-refractivity contribution in [3.63, 3.8) is 0 Å². The molecule has 34 heavy (non-hydrogen) atoms. The lowest BCUT2D eigenvalue weighted by atomic mass is 10.1. The average Bonchev–Trinajstić information content (AvgIpc) is 2.79. The highest BCUT2D eigenvalue weighted by molar-refractivity contribution is 9.11. The summed E-state index contributed by atoms with van der Waals surface area (Å²) >= 11 is 19.0. The molecular weight excluding hydrogens is 617 g/mol. The van der Waals surface area contributed by atoms with Crippen LogP contribution >= 0.6 is 55.1 Å². The largest absolute Gasteiger partial charge is 0.496 e. The van der Waals surface area contributed by atoms with Gasteiger partial charge in [0.25, 0.3) is 11.6 Å². The van der Waals surface area contributed by atoms with Crippen LogP contribution in [0.5, 0.6) is 11.5 Å². The Morgan fingerprint density at radius 1 is 1.15 bits per heavy atom. The molecule has 0 bridgehead atoms. The van der Waals surface area contributed by atoms with Crippen molar-refractivity contribution >= 4 is 72.9 Å². The first-order valence-corrected chi connectivity index (χ1v) is 11.8. The molecule has 0 radical (unpaired) electrons. The number of ether oxygens (including phenoxy) is 2. The topological polar surface area (TPSA) is 103 Å². The molecule has 0 saturated heterocycles. The van der Waals surface area contributed by atoms with E-state index in [1.807, 2.05) is 0 Å². The molecule has 1 amide bonds. The van der Waals surface area contributed by atoms with Crippen LogP contribution in [0, 0.1) is 10.1 Å². The van der Waals surface area contributed by atoms with Gasteiger partial charge in [-0.25, -0.2) is 5.43 Å². The molecule has 0 heterocycles. The highest BCUT2D eigenvalue weighted by Gasteiger charge is 2.17. The van der Waals surface area contributed by atoms with E-state index in [-0.39, 0.29) is 23.6 Å². The second-order valence-corrected chi connectivity index (χ2v) is 9.23. The number of methoxy groups -OCH3 is 1. The number of rotatable bonds is 8. The fraction of sp³-hybridized carbons (Fsp3) is 0.0909. The van der Waals surface area contributed by atoms with Gasteiger partial charge in [0.2, 0.25) is 0 Å². The Labute approximate surface area is 221 Å². The van der Waals surface area contributed by atoms with Gasteiger partial charge in [-0.15, -0.1) is 0 Å². The van der Waals surface area contributed by atoms with Crippen molar-refractivity contribution in [1.29, 1.82) is 0 Å². The van der Waals surface area contributed by atoms with E-state index in [2.05, 4.69) is 42.4 Å². The highest BCUT2D eigenvalue weighted by atomic mass is 79.9. The van der Waals surface area contributed by atoms with Crippen molar-refractivity contribution in [2.75, 3.05) is 7.11 Å². The number of benzene rings is 3. The van der Waals surface area contributed by atoms with E-state index in [0.717, 1.165) is 11.6 Å². The predicted octanol–water partition coefficient (Wildman–Crippen LogP) is 6.78. The van der Waals surface area contributed by atoms with Crippen LogP contribution in [0.3, 0.4) is 0 Å². The van der Waals surface area contributed by atoms with Crippen LogP contribution in [-0.4, -0.2) is 24.2 Å². The molecule has 0 aliphatic rings. The summed E-state index contributed by atoms with van der Waals surface area (Å²) in [5, 5.41) is 16.0. The number of nitrogens with one attached hydrogen (secondary N) is 1. The number of nitro groups is 1. The Balaban J connectivity index is 1.70. The third-order valence-corrected chi connectivity index (χ3v) is 6.19. The van der Waals surface area contributed by atoms with Crippen molar-refractivity contribution in [2.45, 2.75) is 6.61 Å². The quantitative estimate of drug-likeness (QED) is 0.168. The Bertz CT molecular complexity index is 1260. The van der Waals surface area contributed by atoms with Gasteiger partial charge in [0.15, 0.2) is 0 Å². The molecular formula is C22H15Br2Cl2N3O5. The Morgan fingerprint density at radius 2 is 1.85 bits per heavy atom. The second-order valence-electron chi connectivity index (χ2n) is 6.68. The smallest absolute Gasteiger partial charge is 0.275 e. The van der Waals surface area contributed by atoms with Crippen LogP contribution in [0.25, 0.3) is 0 Å². The summed E-state index contributed by atoms with van der Waals surface area (Å²) in [5.41, 5.74) is 3.50. The molecule has 0 saturated carbocycles. The van der Waals surface area contributed by atoms with Crippen LogP contribution in [0.2, 0.25) is 10.0 Å². The molecule has 0 aliphatic carbocycles. The van der Waals surface area contributed by atoms with Gasteiger partial charge in [0.05, 0.1) is 32.8 Å². The van der Waals surface area contributed by atoms with E-state index >= 15 is 0 Å².